The number of aromatic nitrogens is 2. The van der Waals surface area contributed by atoms with E-state index in [0.717, 1.165) is 8.89 Å². The van der Waals surface area contributed by atoms with Crippen LogP contribution in [-0.4, -0.2) is 35.0 Å². The van der Waals surface area contributed by atoms with Gasteiger partial charge in [-0.1, -0.05) is 23.9 Å². The van der Waals surface area contributed by atoms with Crippen molar-refractivity contribution in [3.63, 3.8) is 0 Å². The fourth-order valence-electron chi connectivity index (χ4n) is 2.89. The summed E-state index contributed by atoms with van der Waals surface area (Å²) in [7, 11) is 3.09. The third-order valence-electron chi connectivity index (χ3n) is 4.42. The van der Waals surface area contributed by atoms with Gasteiger partial charge in [0, 0.05) is 6.07 Å². The molecular weight excluding hydrogens is 452 g/mol. The van der Waals surface area contributed by atoms with Gasteiger partial charge >= 0.3 is 0 Å². The van der Waals surface area contributed by atoms with E-state index in [2.05, 4.69) is 10.1 Å². The number of thiophene rings is 1. The Hall–Kier alpha value is -3.70. The van der Waals surface area contributed by atoms with Crippen LogP contribution >= 0.6 is 23.1 Å². The molecule has 0 unspecified atom stereocenters. The van der Waals surface area contributed by atoms with Crippen LogP contribution in [0.2, 0.25) is 0 Å². The maximum absolute atomic E-state index is 12.9. The van der Waals surface area contributed by atoms with E-state index in [-0.39, 0.29) is 11.2 Å². The molecule has 0 saturated carbocycles. The van der Waals surface area contributed by atoms with Crippen LogP contribution in [0.4, 0.5) is 5.69 Å². The van der Waals surface area contributed by atoms with E-state index in [0.29, 0.717) is 32.2 Å². The first-order valence-corrected chi connectivity index (χ1v) is 10.8. The van der Waals surface area contributed by atoms with Crippen molar-refractivity contribution in [3.05, 3.63) is 80.9 Å². The lowest BCUT2D eigenvalue weighted by Crippen LogP contribution is -2.16. The zero-order valence-corrected chi connectivity index (χ0v) is 18.6. The molecule has 0 N–H and O–H groups in total. The number of hydrogen-bond acceptors (Lipinski definition) is 9. The number of benzene rings is 2. The molecule has 0 aliphatic heterocycles. The number of nitrogens with zero attached hydrogens (tertiary/aromatic N) is 4. The fraction of sp³-hybridized carbons (Fsp3) is 0.0952. The first-order valence-electron chi connectivity index (χ1n) is 9.19. The second-order valence-electron chi connectivity index (χ2n) is 6.36. The largest absolute Gasteiger partial charge is 0.493 e. The summed E-state index contributed by atoms with van der Waals surface area (Å²) in [6, 6.07) is 13.4. The summed E-state index contributed by atoms with van der Waals surface area (Å²) >= 11 is 2.52. The molecule has 2 aromatic carbocycles. The molecule has 4 aromatic rings. The molecule has 0 atom stereocenters. The zero-order chi connectivity index (χ0) is 22.7. The normalized spacial score (nSPS) is 11.2. The first kappa shape index (κ1) is 21.5. The minimum atomic E-state index is -0.427. The molecule has 0 radical (unpaired) electrons. The average Bonchev–Trinajstić information content (AvgIpc) is 3.22. The van der Waals surface area contributed by atoms with E-state index in [1.54, 1.807) is 49.6 Å². The van der Waals surface area contributed by atoms with E-state index < -0.39 is 4.92 Å². The summed E-state index contributed by atoms with van der Waals surface area (Å²) in [5, 5.41) is 15.9. The van der Waals surface area contributed by atoms with E-state index in [9.17, 15) is 14.9 Å². The Balaban J connectivity index is 1.63. The van der Waals surface area contributed by atoms with Gasteiger partial charge in [0.25, 0.3) is 11.2 Å². The van der Waals surface area contributed by atoms with E-state index in [1.165, 1.54) is 48.8 Å². The molecule has 11 heteroatoms. The number of nitro groups is 1. The summed E-state index contributed by atoms with van der Waals surface area (Å²) in [5.74, 6) is 1.14. The summed E-state index contributed by atoms with van der Waals surface area (Å²) in [6.07, 6.45) is 2.87. The van der Waals surface area contributed by atoms with Gasteiger partial charge in [-0.3, -0.25) is 14.9 Å². The minimum absolute atomic E-state index is 0.0137. The van der Waals surface area contributed by atoms with Crippen LogP contribution in [0.5, 0.6) is 11.5 Å². The number of hydrogen-bond donors (Lipinski definition) is 0. The Morgan fingerprint density at radius 2 is 1.94 bits per heavy atom. The van der Waals surface area contributed by atoms with Crippen molar-refractivity contribution >= 4 is 45.2 Å². The van der Waals surface area contributed by atoms with E-state index in [4.69, 9.17) is 9.47 Å². The zero-order valence-electron chi connectivity index (χ0n) is 16.9. The summed E-state index contributed by atoms with van der Waals surface area (Å²) in [4.78, 5) is 29.0. The maximum Gasteiger partial charge on any atom is 0.283 e. The van der Waals surface area contributed by atoms with Crippen LogP contribution in [-0.2, 0) is 0 Å². The highest BCUT2D eigenvalue weighted by Gasteiger charge is 2.16. The van der Waals surface area contributed by atoms with E-state index >= 15 is 0 Å². The third-order valence-corrected chi connectivity index (χ3v) is 6.65. The van der Waals surface area contributed by atoms with Gasteiger partial charge in [-0.15, -0.1) is 11.3 Å². The van der Waals surface area contributed by atoms with Crippen LogP contribution in [0.15, 0.2) is 73.9 Å². The van der Waals surface area contributed by atoms with Crippen molar-refractivity contribution in [2.24, 2.45) is 5.10 Å². The van der Waals surface area contributed by atoms with Gasteiger partial charge in [0.15, 0.2) is 11.5 Å². The van der Waals surface area contributed by atoms with Crippen molar-refractivity contribution in [2.75, 3.05) is 14.2 Å². The lowest BCUT2D eigenvalue weighted by Gasteiger charge is -2.07. The van der Waals surface area contributed by atoms with Crippen LogP contribution in [0.3, 0.4) is 0 Å². The van der Waals surface area contributed by atoms with Crippen molar-refractivity contribution in [2.45, 2.75) is 9.10 Å². The van der Waals surface area contributed by atoms with Gasteiger partial charge in [0.2, 0.25) is 0 Å². The monoisotopic (exact) mass is 468 g/mol. The third kappa shape index (κ3) is 4.34. The molecule has 0 aliphatic carbocycles. The molecule has 32 heavy (non-hydrogen) atoms. The number of nitro benzene ring substituents is 1. The Labute approximate surface area is 190 Å². The van der Waals surface area contributed by atoms with Crippen molar-refractivity contribution in [1.82, 2.24) is 9.66 Å². The molecule has 0 saturated heterocycles. The van der Waals surface area contributed by atoms with Crippen LogP contribution in [0, 0.1) is 10.1 Å². The quantitative estimate of drug-likeness (QED) is 0.224. The molecular formula is C21H16N4O5S2. The predicted octanol–water partition coefficient (Wildman–Crippen LogP) is 4.42. The number of rotatable bonds is 7. The van der Waals surface area contributed by atoms with Gasteiger partial charge in [0.05, 0.1) is 39.8 Å². The Bertz CT molecular complexity index is 1400. The first-order chi connectivity index (χ1) is 15.5. The van der Waals surface area contributed by atoms with Gasteiger partial charge in [-0.2, -0.15) is 9.78 Å². The second kappa shape index (κ2) is 9.20. The minimum Gasteiger partial charge on any atom is -0.493 e. The van der Waals surface area contributed by atoms with Gasteiger partial charge in [-0.05, 0) is 35.9 Å². The maximum atomic E-state index is 12.9. The molecule has 0 fully saturated rings. The Morgan fingerprint density at radius 3 is 2.69 bits per heavy atom. The number of ether oxygens (including phenoxy) is 2. The van der Waals surface area contributed by atoms with Crippen molar-refractivity contribution in [1.29, 1.82) is 0 Å². The summed E-state index contributed by atoms with van der Waals surface area (Å²) in [6.45, 7) is 0. The lowest BCUT2D eigenvalue weighted by atomic mass is 10.2. The molecule has 4 rings (SSSR count). The van der Waals surface area contributed by atoms with Crippen molar-refractivity contribution < 1.29 is 14.4 Å². The lowest BCUT2D eigenvalue weighted by molar-refractivity contribution is -0.387. The topological polar surface area (TPSA) is 109 Å². The summed E-state index contributed by atoms with van der Waals surface area (Å²) in [5.41, 5.74) is 0.393. The highest BCUT2D eigenvalue weighted by Crippen LogP contribution is 2.39. The standard InChI is InChI=1S/C21H16N4O5S2/c1-29-16-8-7-13(9-17(16)30-2)11-23-24-12-22-20-14(21(24)26)10-19(32-20)31-18-6-4-3-5-15(18)25(27)28/h3-12H,1-2H3. The summed E-state index contributed by atoms with van der Waals surface area (Å²) < 4.78 is 12.4. The van der Waals surface area contributed by atoms with Gasteiger partial charge in [-0.25, -0.2) is 4.98 Å². The predicted molar refractivity (Wildman–Crippen MR) is 124 cm³/mol. The second-order valence-corrected chi connectivity index (χ2v) is 8.74. The molecule has 162 valence electrons. The SMILES string of the molecule is COc1ccc(C=Nn2cnc3sc(Sc4ccccc4[N+](=O)[O-])cc3c2=O)cc1OC. The average molecular weight is 469 g/mol. The molecule has 9 nitrogen and oxygen atoms in total. The number of fused-ring (bicyclic) bond motifs is 1. The van der Waals surface area contributed by atoms with Crippen molar-refractivity contribution in [3.8, 4) is 11.5 Å². The molecule has 2 heterocycles. The number of methoxy groups -OCH3 is 2. The Kier molecular flexibility index (Phi) is 6.19. The van der Waals surface area contributed by atoms with E-state index in [1.807, 2.05) is 0 Å². The molecule has 0 aliphatic rings. The van der Waals surface area contributed by atoms with Gasteiger partial charge in [0.1, 0.15) is 11.2 Å². The van der Waals surface area contributed by atoms with Crippen LogP contribution < -0.4 is 15.0 Å². The molecule has 0 spiro atoms. The van der Waals surface area contributed by atoms with Gasteiger partial charge < -0.3 is 9.47 Å². The highest BCUT2D eigenvalue weighted by atomic mass is 32.2. The molecule has 0 bridgehead atoms. The van der Waals surface area contributed by atoms with Crippen LogP contribution in [0.1, 0.15) is 5.56 Å². The fourth-order valence-corrected chi connectivity index (χ4v) is 5.07. The smallest absolute Gasteiger partial charge is 0.283 e. The highest BCUT2D eigenvalue weighted by molar-refractivity contribution is 8.01. The number of para-hydroxylation sites is 1. The molecule has 0 amide bonds. The molecule has 2 aromatic heterocycles. The Morgan fingerprint density at radius 1 is 1.16 bits per heavy atom. The van der Waals surface area contributed by atoms with Crippen LogP contribution in [0.25, 0.3) is 10.2 Å².